The van der Waals surface area contributed by atoms with E-state index in [1.807, 2.05) is 12.4 Å². The summed E-state index contributed by atoms with van der Waals surface area (Å²) in [4.78, 5) is 146. The fourth-order valence-electron chi connectivity index (χ4n) is 8.16. The van der Waals surface area contributed by atoms with Gasteiger partial charge in [0.15, 0.2) is 5.78 Å². The molecule has 5 atom stereocenters. The van der Waals surface area contributed by atoms with Gasteiger partial charge in [0.25, 0.3) is 0 Å². The number of carbonyl (C=O) groups excluding carboxylic acids is 8. The van der Waals surface area contributed by atoms with Gasteiger partial charge in [-0.15, -0.1) is 5.75 Å². The first kappa shape index (κ1) is 71.1. The molecule has 1 rings (SSSR count). The predicted molar refractivity (Wildman–Crippen MR) is 275 cm³/mol. The van der Waals surface area contributed by atoms with Gasteiger partial charge in [-0.05, 0) is 116 Å². The fraction of sp³-hybridized carbons (Fsp3) is 0.755. The standard InChI is InChI=1S/C49H83N9O16S.Y/c1-31(59)34(13-9-12-26-50-2)54-40(61)14-7-4-3-5-10-28-52-45(68)38(30-75)56-46(69)35(21-24-42(63)64)55-41(62)15-8-6-11-27-51-44(67)33-18-16-32(17-19-33)29-53-39(60)23-20-36(47(70)71)57-49(74)58-37(48(72)73)22-25-43(65)66;/h32-38,50,75H,3-30H2,1-2H3,(H,51,67)(H,52,68)(H,53,60)(H,54,61)(H,55,62)(H,56,69)(H,63,64)(H,65,66)(H,70,71)(H,72,73)(H2,57,58,74);/p-1. The van der Waals surface area contributed by atoms with E-state index in [1.165, 1.54) is 6.92 Å². The number of carbonyl (C=O) groups is 12. The van der Waals surface area contributed by atoms with E-state index < -0.39 is 103 Å². The molecule has 0 aromatic heterocycles. The minimum absolute atomic E-state index is 0. The average molecular weight is 1170 g/mol. The summed E-state index contributed by atoms with van der Waals surface area (Å²) in [6.45, 7) is 3.31. The zero-order chi connectivity index (χ0) is 56.1. The Balaban J connectivity index is 0.0000562. The third-order valence-corrected chi connectivity index (χ3v) is 13.0. The van der Waals surface area contributed by atoms with Crippen molar-refractivity contribution in [1.82, 2.24) is 47.9 Å². The Kier molecular flexibility index (Phi) is 39.4. The number of hydrogen-bond acceptors (Lipinski definition) is 14. The second-order valence-electron chi connectivity index (χ2n) is 18.9. The van der Waals surface area contributed by atoms with Crippen molar-refractivity contribution in [2.45, 2.75) is 185 Å². The monoisotopic (exact) mass is 1170 g/mol. The number of amides is 8. The van der Waals surface area contributed by atoms with Crippen molar-refractivity contribution in [2.75, 3.05) is 39.0 Å². The Hall–Kier alpha value is -4.95. The van der Waals surface area contributed by atoms with E-state index in [0.29, 0.717) is 90.3 Å². The number of unbranched alkanes of at least 4 members (excludes halogenated alkanes) is 7. The van der Waals surface area contributed by atoms with Crippen molar-refractivity contribution in [2.24, 2.45) is 11.8 Å². The third kappa shape index (κ3) is 34.0. The van der Waals surface area contributed by atoms with Gasteiger partial charge in [-0.1, -0.05) is 25.7 Å². The van der Waals surface area contributed by atoms with Gasteiger partial charge in [-0.25, -0.2) is 14.4 Å². The van der Waals surface area contributed by atoms with Gasteiger partial charge in [0.1, 0.15) is 18.1 Å². The summed E-state index contributed by atoms with van der Waals surface area (Å²) in [5, 5.41) is 60.3. The first-order valence-corrected chi connectivity index (χ1v) is 26.6. The number of nitrogens with one attached hydrogen (secondary N) is 9. The van der Waals surface area contributed by atoms with Crippen LogP contribution in [0.25, 0.3) is 0 Å². The van der Waals surface area contributed by atoms with Crippen LogP contribution >= 0.6 is 0 Å². The molecule has 0 heterocycles. The molecule has 1 aliphatic rings. The minimum Gasteiger partial charge on any atom is -0.790 e. The molecule has 429 valence electrons. The van der Waals surface area contributed by atoms with Crippen LogP contribution < -0.4 is 47.9 Å². The molecule has 1 radical (unpaired) electrons. The molecule has 0 saturated heterocycles. The number of carboxylic acids is 4. The first-order valence-electron chi connectivity index (χ1n) is 26.1. The number of rotatable bonds is 42. The Morgan fingerprint density at radius 2 is 0.961 bits per heavy atom. The second kappa shape index (κ2) is 42.1. The van der Waals surface area contributed by atoms with Gasteiger partial charge < -0.3 is 80.9 Å². The summed E-state index contributed by atoms with van der Waals surface area (Å²) in [6.07, 6.45) is 8.31. The molecule has 76 heavy (non-hydrogen) atoms. The van der Waals surface area contributed by atoms with Crippen LogP contribution in [0.15, 0.2) is 0 Å². The molecule has 0 aliphatic heterocycles. The van der Waals surface area contributed by atoms with Crippen molar-refractivity contribution < 1.29 is 111 Å². The van der Waals surface area contributed by atoms with Gasteiger partial charge in [0, 0.05) is 90.4 Å². The van der Waals surface area contributed by atoms with Gasteiger partial charge >= 0.3 is 29.9 Å². The van der Waals surface area contributed by atoms with Crippen LogP contribution in [0, 0.1) is 11.8 Å². The largest absolute Gasteiger partial charge is 0.790 e. The van der Waals surface area contributed by atoms with Crippen LogP contribution in [0.4, 0.5) is 4.79 Å². The normalized spacial score (nSPS) is 15.8. The van der Waals surface area contributed by atoms with Crippen LogP contribution in [-0.2, 0) is 98.1 Å². The van der Waals surface area contributed by atoms with Gasteiger partial charge in [0.05, 0.1) is 12.1 Å². The molecule has 5 unspecified atom stereocenters. The van der Waals surface area contributed by atoms with Crippen molar-refractivity contribution in [1.29, 1.82) is 0 Å². The van der Waals surface area contributed by atoms with E-state index in [9.17, 15) is 72.9 Å². The van der Waals surface area contributed by atoms with Crippen molar-refractivity contribution in [3.05, 3.63) is 0 Å². The maximum absolute atomic E-state index is 13.2. The van der Waals surface area contributed by atoms with E-state index in [1.54, 1.807) is 0 Å². The topological polar surface area (TPSA) is 394 Å². The van der Waals surface area contributed by atoms with Crippen LogP contribution in [0.5, 0.6) is 0 Å². The smallest absolute Gasteiger partial charge is 0.326 e. The van der Waals surface area contributed by atoms with Crippen LogP contribution in [0.1, 0.15) is 155 Å². The van der Waals surface area contributed by atoms with E-state index in [-0.39, 0.29) is 93.6 Å². The Labute approximate surface area is 475 Å². The molecule has 13 N–H and O–H groups in total. The molecule has 0 aromatic rings. The number of aliphatic carboxylic acids is 4. The number of urea groups is 1. The molecule has 1 aliphatic carbocycles. The zero-order valence-corrected chi connectivity index (χ0v) is 47.7. The molecule has 8 amide bonds. The molecule has 1 fully saturated rings. The molecule has 27 heteroatoms. The number of Topliss-reactive ketones (excluding diaryl/α,β-unsaturated/α-hetero) is 1. The van der Waals surface area contributed by atoms with Crippen LogP contribution in [0.3, 0.4) is 0 Å². The number of ketones is 1. The van der Waals surface area contributed by atoms with Gasteiger partial charge in [-0.3, -0.25) is 43.2 Å². The molecule has 0 aromatic carbocycles. The van der Waals surface area contributed by atoms with Crippen molar-refractivity contribution in [3.8, 4) is 0 Å². The molecule has 0 spiro atoms. The zero-order valence-electron chi connectivity index (χ0n) is 44.0. The summed E-state index contributed by atoms with van der Waals surface area (Å²) in [5.41, 5.74) is 0. The third-order valence-electron chi connectivity index (χ3n) is 12.7. The van der Waals surface area contributed by atoms with E-state index >= 15 is 0 Å². The Morgan fingerprint density at radius 1 is 0.474 bits per heavy atom. The van der Waals surface area contributed by atoms with Crippen LogP contribution in [-0.4, -0.2) is 161 Å². The number of carboxylic acid groups (broad SMARTS) is 4. The maximum atomic E-state index is 13.2. The summed E-state index contributed by atoms with van der Waals surface area (Å²) in [6, 6.07) is -7.01. The predicted octanol–water partition coefficient (Wildman–Crippen LogP) is 0.735. The Bertz CT molecular complexity index is 1880. The quantitative estimate of drug-likeness (QED) is 0.0296. The summed E-state index contributed by atoms with van der Waals surface area (Å²) in [5.74, 6) is -8.23. The maximum Gasteiger partial charge on any atom is 0.326 e. The summed E-state index contributed by atoms with van der Waals surface area (Å²) >= 11 is 5.11. The van der Waals surface area contributed by atoms with E-state index in [2.05, 4.69) is 42.5 Å². The van der Waals surface area contributed by atoms with Crippen molar-refractivity contribution in [3.63, 3.8) is 0 Å². The molecular weight excluding hydrogens is 1090 g/mol. The first-order chi connectivity index (χ1) is 35.7. The fourth-order valence-corrected chi connectivity index (χ4v) is 8.40. The molecule has 1 saturated carbocycles. The van der Waals surface area contributed by atoms with E-state index in [0.717, 1.165) is 38.6 Å². The van der Waals surface area contributed by atoms with Crippen molar-refractivity contribution >= 4 is 83.8 Å². The average Bonchev–Trinajstić information content (AvgIpc) is 3.36. The summed E-state index contributed by atoms with van der Waals surface area (Å²) < 4.78 is 0. The van der Waals surface area contributed by atoms with E-state index in [4.69, 9.17) is 17.7 Å². The SMILES string of the molecule is CNCCCCC(NC(=O)CCCCCCCNC(=O)C(C[S-])NC(=O)C(CCC(=O)O)NC(=O)CCCCCNC(=O)C1CCC(CNC(=O)CCC(NC(=O)NC(CCC(=O)O)C(=O)O)C(=O)O)CC1)C(C)=O.[Y]. The molecule has 25 nitrogen and oxygen atoms in total. The Morgan fingerprint density at radius 3 is 1.49 bits per heavy atom. The summed E-state index contributed by atoms with van der Waals surface area (Å²) in [7, 11) is 1.86. The second-order valence-corrected chi connectivity index (χ2v) is 19.2. The minimum atomic E-state index is -1.56. The number of hydrogen-bond donors (Lipinski definition) is 13. The van der Waals surface area contributed by atoms with Gasteiger partial charge in [-0.2, -0.15) is 0 Å². The molecular formula is C49H82N9O16SY-. The van der Waals surface area contributed by atoms with Gasteiger partial charge in [0.2, 0.25) is 35.4 Å². The van der Waals surface area contributed by atoms with Crippen LogP contribution in [0.2, 0.25) is 0 Å². The molecule has 0 bridgehead atoms.